The highest BCUT2D eigenvalue weighted by Crippen LogP contribution is 2.40. The van der Waals surface area contributed by atoms with Gasteiger partial charge in [0, 0.05) is 30.7 Å². The van der Waals surface area contributed by atoms with Crippen LogP contribution in [0.3, 0.4) is 0 Å². The Kier molecular flexibility index (Phi) is 3.41. The van der Waals surface area contributed by atoms with Crippen molar-refractivity contribution in [2.75, 3.05) is 6.54 Å². The number of carbonyl (C=O) groups excluding carboxylic acids is 1. The van der Waals surface area contributed by atoms with Crippen molar-refractivity contribution in [2.45, 2.75) is 39.0 Å². The maximum atomic E-state index is 12.0. The molecule has 1 saturated carbocycles. The van der Waals surface area contributed by atoms with E-state index >= 15 is 0 Å². The molecule has 2 atom stereocenters. The number of carbonyl (C=O) groups is 1. The smallest absolute Gasteiger partial charge is 0.271 e. The van der Waals surface area contributed by atoms with Crippen LogP contribution in [0.4, 0.5) is 0 Å². The fourth-order valence-corrected chi connectivity index (χ4v) is 2.13. The zero-order chi connectivity index (χ0) is 13.3. The minimum absolute atomic E-state index is 0.000316. The molecule has 1 aromatic rings. The molecule has 1 aliphatic carbocycles. The van der Waals surface area contributed by atoms with Crippen LogP contribution >= 0.6 is 0 Å². The van der Waals surface area contributed by atoms with Gasteiger partial charge in [0.05, 0.1) is 12.4 Å². The summed E-state index contributed by atoms with van der Waals surface area (Å²) in [7, 11) is 0. The molecule has 1 heterocycles. The molecule has 0 saturated heterocycles. The van der Waals surface area contributed by atoms with Crippen LogP contribution in [0.1, 0.15) is 30.8 Å². The van der Waals surface area contributed by atoms with Crippen molar-refractivity contribution in [3.05, 3.63) is 18.2 Å². The van der Waals surface area contributed by atoms with E-state index in [4.69, 9.17) is 5.73 Å². The van der Waals surface area contributed by atoms with Crippen molar-refractivity contribution in [1.82, 2.24) is 14.9 Å². The lowest BCUT2D eigenvalue weighted by Crippen LogP contribution is -2.61. The van der Waals surface area contributed by atoms with Crippen LogP contribution in [0.15, 0.2) is 12.5 Å². The Morgan fingerprint density at radius 1 is 1.72 bits per heavy atom. The lowest BCUT2D eigenvalue weighted by atomic mass is 9.64. The quantitative estimate of drug-likeness (QED) is 0.687. The van der Waals surface area contributed by atoms with E-state index < -0.39 is 0 Å². The molecule has 0 spiro atoms. The Bertz CT molecular complexity index is 441. The number of amides is 1. The first-order valence-electron chi connectivity index (χ1n) is 6.16. The second-order valence-corrected chi connectivity index (χ2v) is 5.38. The predicted molar refractivity (Wildman–Crippen MR) is 66.9 cm³/mol. The monoisotopic (exact) mass is 252 g/mol. The summed E-state index contributed by atoms with van der Waals surface area (Å²) in [6.45, 7) is 5.05. The molecule has 1 aromatic heterocycles. The van der Waals surface area contributed by atoms with Gasteiger partial charge in [-0.05, 0) is 6.42 Å². The number of nitrogens with one attached hydrogen (secondary N) is 1. The number of imidazole rings is 1. The third kappa shape index (κ3) is 2.26. The van der Waals surface area contributed by atoms with E-state index in [1.807, 2.05) is 13.8 Å². The maximum absolute atomic E-state index is 12.0. The van der Waals surface area contributed by atoms with Gasteiger partial charge in [-0.2, -0.15) is 0 Å². The first-order valence-corrected chi connectivity index (χ1v) is 6.16. The highest BCUT2D eigenvalue weighted by Gasteiger charge is 2.48. The summed E-state index contributed by atoms with van der Waals surface area (Å²) in [6, 6.07) is -0.000316. The molecule has 2 unspecified atom stereocenters. The van der Waals surface area contributed by atoms with Crippen LogP contribution in [-0.4, -0.2) is 39.3 Å². The zero-order valence-corrected chi connectivity index (χ0v) is 10.8. The van der Waals surface area contributed by atoms with Crippen molar-refractivity contribution in [2.24, 2.45) is 11.1 Å². The second kappa shape index (κ2) is 4.70. The lowest BCUT2D eigenvalue weighted by molar-refractivity contribution is -0.0690. The van der Waals surface area contributed by atoms with Crippen LogP contribution < -0.4 is 11.1 Å². The lowest BCUT2D eigenvalue weighted by Gasteiger charge is -2.49. The molecule has 2 rings (SSSR count). The van der Waals surface area contributed by atoms with Crippen LogP contribution in [0.25, 0.3) is 0 Å². The molecular weight excluding hydrogens is 232 g/mol. The van der Waals surface area contributed by atoms with Gasteiger partial charge in [0.1, 0.15) is 5.69 Å². The summed E-state index contributed by atoms with van der Waals surface area (Å²) in [4.78, 5) is 16.0. The maximum Gasteiger partial charge on any atom is 0.271 e. The number of nitrogens with zero attached hydrogens (tertiary/aromatic N) is 2. The van der Waals surface area contributed by atoms with Crippen molar-refractivity contribution in [3.8, 4) is 0 Å². The van der Waals surface area contributed by atoms with Gasteiger partial charge in [-0.1, -0.05) is 13.8 Å². The third-order valence-electron chi connectivity index (χ3n) is 3.77. The Hall–Kier alpha value is -1.40. The average Bonchev–Trinajstić information content (AvgIpc) is 2.78. The van der Waals surface area contributed by atoms with Crippen LogP contribution in [0.5, 0.6) is 0 Å². The van der Waals surface area contributed by atoms with E-state index in [1.165, 1.54) is 0 Å². The minimum Gasteiger partial charge on any atom is -0.392 e. The molecule has 1 amide bonds. The van der Waals surface area contributed by atoms with E-state index in [-0.39, 0.29) is 23.5 Å². The van der Waals surface area contributed by atoms with Crippen molar-refractivity contribution >= 4 is 5.91 Å². The van der Waals surface area contributed by atoms with Gasteiger partial charge in [-0.15, -0.1) is 0 Å². The molecule has 1 fully saturated rings. The number of nitrogens with two attached hydrogens (primary N) is 1. The highest BCUT2D eigenvalue weighted by atomic mass is 16.3. The number of hydrogen-bond donors (Lipinski definition) is 3. The van der Waals surface area contributed by atoms with Crippen molar-refractivity contribution in [3.63, 3.8) is 0 Å². The number of aliphatic hydroxyl groups is 1. The van der Waals surface area contributed by atoms with E-state index in [0.717, 1.165) is 0 Å². The summed E-state index contributed by atoms with van der Waals surface area (Å²) in [5.41, 5.74) is 5.55. The minimum atomic E-state index is -0.349. The molecule has 0 bridgehead atoms. The number of rotatable bonds is 4. The van der Waals surface area contributed by atoms with Crippen LogP contribution in [0.2, 0.25) is 0 Å². The molecule has 4 N–H and O–H groups in total. The Balaban J connectivity index is 1.96. The molecule has 0 aromatic carbocycles. The topological polar surface area (TPSA) is 93.2 Å². The molecule has 6 heteroatoms. The highest BCUT2D eigenvalue weighted by molar-refractivity contribution is 5.92. The van der Waals surface area contributed by atoms with Crippen molar-refractivity contribution in [1.29, 1.82) is 0 Å². The summed E-state index contributed by atoms with van der Waals surface area (Å²) in [5, 5.41) is 12.5. The zero-order valence-electron chi connectivity index (χ0n) is 10.8. The largest absolute Gasteiger partial charge is 0.392 e. The molecule has 1 aliphatic rings. The Labute approximate surface area is 106 Å². The van der Waals surface area contributed by atoms with Gasteiger partial charge in [-0.3, -0.25) is 4.79 Å². The van der Waals surface area contributed by atoms with Gasteiger partial charge in [0.2, 0.25) is 0 Å². The van der Waals surface area contributed by atoms with Gasteiger partial charge in [0.15, 0.2) is 0 Å². The van der Waals surface area contributed by atoms with E-state index in [0.29, 0.717) is 25.2 Å². The SMILES string of the molecule is CC1(C)C(O)CC1NC(=O)c1cn(CCN)cn1. The number of hydrogen-bond acceptors (Lipinski definition) is 4. The van der Waals surface area contributed by atoms with E-state index in [9.17, 15) is 9.90 Å². The van der Waals surface area contributed by atoms with E-state index in [1.54, 1.807) is 17.1 Å². The van der Waals surface area contributed by atoms with Gasteiger partial charge < -0.3 is 20.7 Å². The first-order chi connectivity index (χ1) is 8.45. The van der Waals surface area contributed by atoms with Gasteiger partial charge >= 0.3 is 0 Å². The Morgan fingerprint density at radius 2 is 2.44 bits per heavy atom. The molecule has 0 aliphatic heterocycles. The summed E-state index contributed by atoms with van der Waals surface area (Å²) >= 11 is 0. The molecule has 100 valence electrons. The summed E-state index contributed by atoms with van der Waals surface area (Å²) in [5.74, 6) is -0.198. The number of aliphatic hydroxyl groups excluding tert-OH is 1. The average molecular weight is 252 g/mol. The summed E-state index contributed by atoms with van der Waals surface area (Å²) < 4.78 is 1.79. The predicted octanol–water partition coefficient (Wildman–Crippen LogP) is -0.269. The van der Waals surface area contributed by atoms with Gasteiger partial charge in [-0.25, -0.2) is 4.98 Å². The Morgan fingerprint density at radius 3 is 3.00 bits per heavy atom. The summed E-state index contributed by atoms with van der Waals surface area (Å²) in [6.07, 6.45) is 3.53. The van der Waals surface area contributed by atoms with E-state index in [2.05, 4.69) is 10.3 Å². The standard InChI is InChI=1S/C12H20N4O2/c1-12(2)9(5-10(12)17)15-11(18)8-6-16(4-3-13)7-14-8/h6-7,9-10,17H,3-5,13H2,1-2H3,(H,15,18). The molecule has 18 heavy (non-hydrogen) atoms. The molecular formula is C12H20N4O2. The van der Waals surface area contributed by atoms with Crippen LogP contribution in [0, 0.1) is 5.41 Å². The fourth-order valence-electron chi connectivity index (χ4n) is 2.13. The number of aromatic nitrogens is 2. The normalized spacial score (nSPS) is 25.6. The fraction of sp³-hybridized carbons (Fsp3) is 0.667. The second-order valence-electron chi connectivity index (χ2n) is 5.38. The van der Waals surface area contributed by atoms with Crippen LogP contribution in [-0.2, 0) is 6.54 Å². The molecule has 6 nitrogen and oxygen atoms in total. The van der Waals surface area contributed by atoms with Gasteiger partial charge in [0.25, 0.3) is 5.91 Å². The molecule has 0 radical (unpaired) electrons. The first kappa shape index (κ1) is 13.0. The third-order valence-corrected chi connectivity index (χ3v) is 3.77. The van der Waals surface area contributed by atoms with Crippen molar-refractivity contribution < 1.29 is 9.90 Å².